The van der Waals surface area contributed by atoms with Crippen LogP contribution in [0.5, 0.6) is 0 Å². The second-order valence-electron chi connectivity index (χ2n) is 5.63. The van der Waals surface area contributed by atoms with E-state index in [1.54, 1.807) is 18.4 Å². The summed E-state index contributed by atoms with van der Waals surface area (Å²) in [7, 11) is 0. The van der Waals surface area contributed by atoms with Crippen molar-refractivity contribution in [2.24, 2.45) is 5.41 Å². The minimum absolute atomic E-state index is 0.112. The van der Waals surface area contributed by atoms with Gasteiger partial charge < -0.3 is 4.84 Å². The first kappa shape index (κ1) is 12.0. The van der Waals surface area contributed by atoms with Gasteiger partial charge in [0.05, 0.1) is 11.1 Å². The van der Waals surface area contributed by atoms with E-state index in [-0.39, 0.29) is 17.3 Å². The summed E-state index contributed by atoms with van der Waals surface area (Å²) < 4.78 is 13.0. The predicted molar refractivity (Wildman–Crippen MR) is 68.2 cm³/mol. The molecule has 1 fully saturated rings. The molecule has 0 spiro atoms. The molecule has 0 N–H and O–H groups in total. The molecule has 2 unspecified atom stereocenters. The molecule has 1 aromatic rings. The normalized spacial score (nSPS) is 29.9. The first-order valence-electron chi connectivity index (χ1n) is 6.05. The van der Waals surface area contributed by atoms with E-state index in [0.717, 1.165) is 12.0 Å². The maximum absolute atomic E-state index is 13.0. The van der Waals surface area contributed by atoms with Gasteiger partial charge in [-0.05, 0) is 29.5 Å². The largest absolute Gasteiger partial charge is 0.411 e. The molecule has 4 heteroatoms. The summed E-state index contributed by atoms with van der Waals surface area (Å²) in [5.41, 5.74) is 1.21. The molecule has 2 nitrogen and oxygen atoms in total. The number of halogens is 2. The van der Waals surface area contributed by atoms with E-state index in [1.807, 2.05) is 5.06 Å². The van der Waals surface area contributed by atoms with Gasteiger partial charge in [-0.3, -0.25) is 0 Å². The Balaban J connectivity index is 1.88. The Kier molecular flexibility index (Phi) is 2.65. The minimum Gasteiger partial charge on any atom is -0.411 e. The van der Waals surface area contributed by atoms with Gasteiger partial charge in [0.15, 0.2) is 0 Å². The van der Waals surface area contributed by atoms with Crippen LogP contribution < -0.4 is 0 Å². The average Bonchev–Trinajstić information content (AvgIpc) is 2.78. The lowest BCUT2D eigenvalue weighted by Gasteiger charge is -2.25. The zero-order chi connectivity index (χ0) is 12.9. The Morgan fingerprint density at radius 2 is 1.94 bits per heavy atom. The van der Waals surface area contributed by atoms with E-state index in [1.165, 1.54) is 12.1 Å². The van der Waals surface area contributed by atoms with Crippen LogP contribution in [0.3, 0.4) is 0 Å². The minimum atomic E-state index is -0.240. The van der Waals surface area contributed by atoms with Crippen LogP contribution in [0.2, 0.25) is 0 Å². The van der Waals surface area contributed by atoms with E-state index in [4.69, 9.17) is 16.4 Å². The van der Waals surface area contributed by atoms with Gasteiger partial charge in [-0.15, -0.1) is 5.06 Å². The quantitative estimate of drug-likeness (QED) is 0.803. The third-order valence-corrected chi connectivity index (χ3v) is 4.05. The highest BCUT2D eigenvalue weighted by Gasteiger charge is 2.54. The van der Waals surface area contributed by atoms with Crippen LogP contribution in [0.15, 0.2) is 35.6 Å². The maximum Gasteiger partial charge on any atom is 0.128 e. The summed E-state index contributed by atoms with van der Waals surface area (Å²) in [6.07, 6.45) is 2.66. The van der Waals surface area contributed by atoms with Crippen LogP contribution in [0.4, 0.5) is 4.39 Å². The maximum atomic E-state index is 13.0. The van der Waals surface area contributed by atoms with E-state index >= 15 is 0 Å². The molecule has 0 radical (unpaired) electrons. The van der Waals surface area contributed by atoms with Gasteiger partial charge in [-0.1, -0.05) is 37.6 Å². The molecule has 1 saturated carbocycles. The molecule has 0 amide bonds. The van der Waals surface area contributed by atoms with Gasteiger partial charge in [-0.25, -0.2) is 4.39 Å². The summed E-state index contributed by atoms with van der Waals surface area (Å²) in [6.45, 7) is 4.41. The Hall–Kier alpha value is -1.06. The smallest absolute Gasteiger partial charge is 0.128 e. The molecule has 18 heavy (non-hydrogen) atoms. The van der Waals surface area contributed by atoms with Crippen molar-refractivity contribution in [1.29, 1.82) is 0 Å². The number of benzene rings is 1. The van der Waals surface area contributed by atoms with Crippen molar-refractivity contribution in [3.05, 3.63) is 46.9 Å². The van der Waals surface area contributed by atoms with Crippen molar-refractivity contribution in [3.63, 3.8) is 0 Å². The zero-order valence-corrected chi connectivity index (χ0v) is 11.1. The van der Waals surface area contributed by atoms with Gasteiger partial charge in [0, 0.05) is 0 Å². The molecule has 3 rings (SSSR count). The molecule has 2 atom stereocenters. The first-order chi connectivity index (χ1) is 8.49. The lowest BCUT2D eigenvalue weighted by molar-refractivity contribution is -0.121. The predicted octanol–water partition coefficient (Wildman–Crippen LogP) is 3.99. The summed E-state index contributed by atoms with van der Waals surface area (Å²) in [6, 6.07) is 6.67. The van der Waals surface area contributed by atoms with E-state index in [2.05, 4.69) is 13.8 Å². The molecule has 0 saturated heterocycles. The number of rotatable bonds is 2. The molecule has 1 aliphatic heterocycles. The van der Waals surface area contributed by atoms with Crippen molar-refractivity contribution >= 4 is 11.6 Å². The van der Waals surface area contributed by atoms with Crippen LogP contribution in [0.1, 0.15) is 31.9 Å². The zero-order valence-electron chi connectivity index (χ0n) is 10.4. The molecule has 0 bridgehead atoms. The Bertz CT molecular complexity index is 497. The lowest BCUT2D eigenvalue weighted by atomic mass is 10.1. The summed E-state index contributed by atoms with van der Waals surface area (Å²) in [5, 5.41) is 2.57. The van der Waals surface area contributed by atoms with Crippen LogP contribution in [0.25, 0.3) is 0 Å². The van der Waals surface area contributed by atoms with Gasteiger partial charge >= 0.3 is 0 Å². The van der Waals surface area contributed by atoms with Gasteiger partial charge in [0.1, 0.15) is 18.1 Å². The van der Waals surface area contributed by atoms with Gasteiger partial charge in [0.25, 0.3) is 0 Å². The second-order valence-corrected chi connectivity index (χ2v) is 6.07. The molecular formula is C14H15ClFNO. The van der Waals surface area contributed by atoms with Crippen molar-refractivity contribution in [3.8, 4) is 0 Å². The number of hydrogen-bond donors (Lipinski definition) is 0. The number of nitrogens with zero attached hydrogens (tertiary/aromatic N) is 1. The molecule has 2 aliphatic rings. The van der Waals surface area contributed by atoms with E-state index < -0.39 is 0 Å². The second kappa shape index (κ2) is 3.97. The highest BCUT2D eigenvalue weighted by Crippen LogP contribution is 2.54. The van der Waals surface area contributed by atoms with Crippen LogP contribution in [-0.4, -0.2) is 11.1 Å². The fourth-order valence-electron chi connectivity index (χ4n) is 2.44. The summed E-state index contributed by atoms with van der Waals surface area (Å²) in [5.74, 6) is -0.240. The topological polar surface area (TPSA) is 12.5 Å². The fourth-order valence-corrected chi connectivity index (χ4v) is 2.70. The van der Waals surface area contributed by atoms with Crippen molar-refractivity contribution in [2.75, 3.05) is 0 Å². The summed E-state index contributed by atoms with van der Waals surface area (Å²) >= 11 is 6.21. The SMILES string of the molecule is CC1(C)CC1N1OC=C(Cl)C1c1ccc(F)cc1. The van der Waals surface area contributed by atoms with Crippen molar-refractivity contribution in [1.82, 2.24) is 5.06 Å². The Labute approximate surface area is 111 Å². The van der Waals surface area contributed by atoms with Gasteiger partial charge in [0.2, 0.25) is 0 Å². The summed E-state index contributed by atoms with van der Waals surface area (Å²) in [4.78, 5) is 5.57. The highest BCUT2D eigenvalue weighted by molar-refractivity contribution is 6.30. The number of hydroxylamine groups is 2. The van der Waals surface area contributed by atoms with Gasteiger partial charge in [-0.2, -0.15) is 0 Å². The monoisotopic (exact) mass is 267 g/mol. The molecule has 1 aliphatic carbocycles. The number of hydrogen-bond acceptors (Lipinski definition) is 2. The van der Waals surface area contributed by atoms with Crippen LogP contribution in [0, 0.1) is 11.2 Å². The highest BCUT2D eigenvalue weighted by atomic mass is 35.5. The van der Waals surface area contributed by atoms with Crippen LogP contribution >= 0.6 is 11.6 Å². The molecular weight excluding hydrogens is 253 g/mol. The molecule has 0 aromatic heterocycles. The Morgan fingerprint density at radius 1 is 1.33 bits per heavy atom. The van der Waals surface area contributed by atoms with Crippen molar-refractivity contribution < 1.29 is 9.23 Å². The molecule has 1 aromatic carbocycles. The van der Waals surface area contributed by atoms with Crippen LogP contribution in [-0.2, 0) is 4.84 Å². The van der Waals surface area contributed by atoms with E-state index in [0.29, 0.717) is 11.1 Å². The molecule has 1 heterocycles. The van der Waals surface area contributed by atoms with Crippen molar-refractivity contribution in [2.45, 2.75) is 32.4 Å². The first-order valence-corrected chi connectivity index (χ1v) is 6.43. The van der Waals surface area contributed by atoms with E-state index in [9.17, 15) is 4.39 Å². The standard InChI is InChI=1S/C14H15ClFNO/c1-14(2)7-12(14)17-13(11(15)8-18-17)9-3-5-10(16)6-4-9/h3-6,8,12-13H,7H2,1-2H3. The third-order valence-electron chi connectivity index (χ3n) is 3.76. The molecule has 96 valence electrons. The Morgan fingerprint density at radius 3 is 2.50 bits per heavy atom. The average molecular weight is 268 g/mol. The lowest BCUT2D eigenvalue weighted by Crippen LogP contribution is -2.28. The fraction of sp³-hybridized carbons (Fsp3) is 0.429. The third kappa shape index (κ3) is 1.91.